The maximum atomic E-state index is 12.0. The van der Waals surface area contributed by atoms with Crippen LogP contribution in [0.3, 0.4) is 0 Å². The average Bonchev–Trinajstić information content (AvgIpc) is 3.43. The SMILES string of the molecule is N#Cc1c(COC(=O)CCc2nc(-c3ccsc3)no2)cn2ccccc12. The van der Waals surface area contributed by atoms with Gasteiger partial charge in [-0.1, -0.05) is 11.2 Å². The lowest BCUT2D eigenvalue weighted by Crippen LogP contribution is -2.06. The lowest BCUT2D eigenvalue weighted by atomic mass is 10.2. The Morgan fingerprint density at radius 3 is 3.11 bits per heavy atom. The van der Waals surface area contributed by atoms with Gasteiger partial charge in [-0.15, -0.1) is 0 Å². The predicted molar refractivity (Wildman–Crippen MR) is 97.8 cm³/mol. The molecule has 0 aliphatic rings. The van der Waals surface area contributed by atoms with E-state index in [0.29, 0.717) is 29.3 Å². The Kier molecular flexibility index (Phi) is 4.68. The first-order chi connectivity index (χ1) is 13.2. The molecule has 4 rings (SSSR count). The summed E-state index contributed by atoms with van der Waals surface area (Å²) >= 11 is 1.55. The van der Waals surface area contributed by atoms with Gasteiger partial charge in [0.25, 0.3) is 0 Å². The standard InChI is InChI=1S/C19H14N4O3S/c20-9-15-14(10-23-7-2-1-3-16(15)23)11-25-18(24)5-4-17-21-19(22-26-17)13-6-8-27-12-13/h1-3,6-8,10,12H,4-5,11H2. The van der Waals surface area contributed by atoms with Crippen molar-refractivity contribution in [3.63, 3.8) is 0 Å². The predicted octanol–water partition coefficient (Wildman–Crippen LogP) is 3.60. The lowest BCUT2D eigenvalue weighted by Gasteiger charge is -2.02. The molecule has 134 valence electrons. The Morgan fingerprint density at radius 1 is 1.37 bits per heavy atom. The number of carbonyl (C=O) groups is 1. The van der Waals surface area contributed by atoms with E-state index in [-0.39, 0.29) is 19.0 Å². The topological polar surface area (TPSA) is 93.4 Å². The molecular weight excluding hydrogens is 364 g/mol. The summed E-state index contributed by atoms with van der Waals surface area (Å²) in [5.74, 6) is 0.517. The van der Waals surface area contributed by atoms with E-state index in [1.165, 1.54) is 0 Å². The highest BCUT2D eigenvalue weighted by Crippen LogP contribution is 2.20. The van der Waals surface area contributed by atoms with Gasteiger partial charge in [-0.3, -0.25) is 4.79 Å². The van der Waals surface area contributed by atoms with Crippen LogP contribution in [0, 0.1) is 11.3 Å². The number of aromatic nitrogens is 3. The second-order valence-corrected chi connectivity index (χ2v) is 6.60. The molecule has 0 aliphatic heterocycles. The molecule has 0 N–H and O–H groups in total. The summed E-state index contributed by atoms with van der Waals surface area (Å²) < 4.78 is 12.3. The largest absolute Gasteiger partial charge is 0.461 e. The van der Waals surface area contributed by atoms with Crippen molar-refractivity contribution in [3.8, 4) is 17.5 Å². The van der Waals surface area contributed by atoms with Crippen LogP contribution in [-0.4, -0.2) is 20.5 Å². The molecule has 0 aromatic carbocycles. The van der Waals surface area contributed by atoms with Crippen molar-refractivity contribution in [2.75, 3.05) is 0 Å². The molecule has 4 heterocycles. The molecule has 7 nitrogen and oxygen atoms in total. The zero-order chi connectivity index (χ0) is 18.6. The first kappa shape index (κ1) is 17.0. The average molecular weight is 378 g/mol. The fourth-order valence-corrected chi connectivity index (χ4v) is 3.36. The molecule has 0 saturated carbocycles. The van der Waals surface area contributed by atoms with Crippen LogP contribution < -0.4 is 0 Å². The first-order valence-corrected chi connectivity index (χ1v) is 9.18. The van der Waals surface area contributed by atoms with Gasteiger partial charge in [-0.25, -0.2) is 0 Å². The smallest absolute Gasteiger partial charge is 0.306 e. The van der Waals surface area contributed by atoms with E-state index in [4.69, 9.17) is 9.26 Å². The van der Waals surface area contributed by atoms with Crippen molar-refractivity contribution in [1.29, 1.82) is 5.26 Å². The van der Waals surface area contributed by atoms with E-state index in [1.807, 2.05) is 45.6 Å². The Hall–Kier alpha value is -3.44. The molecule has 0 fully saturated rings. The van der Waals surface area contributed by atoms with Gasteiger partial charge in [-0.05, 0) is 23.6 Å². The highest BCUT2D eigenvalue weighted by Gasteiger charge is 2.14. The quantitative estimate of drug-likeness (QED) is 0.476. The molecule has 0 unspecified atom stereocenters. The Morgan fingerprint density at radius 2 is 2.30 bits per heavy atom. The molecule has 0 aliphatic carbocycles. The van der Waals surface area contributed by atoms with E-state index in [2.05, 4.69) is 16.2 Å². The number of hydrogen-bond donors (Lipinski definition) is 0. The van der Waals surface area contributed by atoms with Crippen molar-refractivity contribution < 1.29 is 14.1 Å². The zero-order valence-electron chi connectivity index (χ0n) is 14.2. The summed E-state index contributed by atoms with van der Waals surface area (Å²) in [6, 6.07) is 9.66. The van der Waals surface area contributed by atoms with Gasteiger partial charge in [-0.2, -0.15) is 21.6 Å². The van der Waals surface area contributed by atoms with Crippen molar-refractivity contribution in [2.24, 2.45) is 0 Å². The number of nitriles is 1. The number of esters is 1. The van der Waals surface area contributed by atoms with Crippen molar-refractivity contribution in [2.45, 2.75) is 19.4 Å². The number of fused-ring (bicyclic) bond motifs is 1. The maximum absolute atomic E-state index is 12.0. The molecular formula is C19H14N4O3S. The van der Waals surface area contributed by atoms with Crippen LogP contribution >= 0.6 is 11.3 Å². The number of thiophene rings is 1. The number of aryl methyl sites for hydroxylation is 1. The normalized spacial score (nSPS) is 10.8. The van der Waals surface area contributed by atoms with Gasteiger partial charge < -0.3 is 13.7 Å². The van der Waals surface area contributed by atoms with Gasteiger partial charge in [0.05, 0.1) is 17.5 Å². The minimum absolute atomic E-state index is 0.0490. The van der Waals surface area contributed by atoms with Crippen LogP contribution in [0.15, 0.2) is 51.9 Å². The number of hydrogen-bond acceptors (Lipinski definition) is 7. The van der Waals surface area contributed by atoms with E-state index in [9.17, 15) is 10.1 Å². The maximum Gasteiger partial charge on any atom is 0.306 e. The third kappa shape index (κ3) is 3.59. The second-order valence-electron chi connectivity index (χ2n) is 5.82. The number of carbonyl (C=O) groups excluding carboxylic acids is 1. The lowest BCUT2D eigenvalue weighted by molar-refractivity contribution is -0.145. The fourth-order valence-electron chi connectivity index (χ4n) is 2.72. The number of nitrogens with zero attached hydrogens (tertiary/aromatic N) is 4. The van der Waals surface area contributed by atoms with Crippen LogP contribution in [0.1, 0.15) is 23.4 Å². The summed E-state index contributed by atoms with van der Waals surface area (Å²) in [7, 11) is 0. The number of ether oxygens (including phenoxy) is 1. The van der Waals surface area contributed by atoms with Crippen molar-refractivity contribution in [3.05, 3.63) is 64.4 Å². The molecule has 0 bridgehead atoms. The minimum Gasteiger partial charge on any atom is -0.461 e. The third-order valence-corrected chi connectivity index (χ3v) is 4.74. The molecule has 4 aromatic rings. The zero-order valence-corrected chi connectivity index (χ0v) is 15.0. The molecule has 8 heteroatoms. The molecule has 0 amide bonds. The van der Waals surface area contributed by atoms with Gasteiger partial charge in [0.2, 0.25) is 11.7 Å². The molecule has 4 aromatic heterocycles. The molecule has 0 radical (unpaired) electrons. The Bertz CT molecular complexity index is 1120. The van der Waals surface area contributed by atoms with Crippen LogP contribution in [-0.2, 0) is 22.6 Å². The fraction of sp³-hybridized carbons (Fsp3) is 0.158. The highest BCUT2D eigenvalue weighted by atomic mass is 32.1. The monoisotopic (exact) mass is 378 g/mol. The minimum atomic E-state index is -0.385. The summed E-state index contributed by atoms with van der Waals surface area (Å²) in [5, 5.41) is 17.1. The number of rotatable bonds is 6. The van der Waals surface area contributed by atoms with Crippen molar-refractivity contribution >= 4 is 22.8 Å². The summed E-state index contributed by atoms with van der Waals surface area (Å²) in [6.07, 6.45) is 4.08. The Labute approximate surface area is 158 Å². The molecule has 0 saturated heterocycles. The number of pyridine rings is 1. The Balaban J connectivity index is 1.35. The van der Waals surface area contributed by atoms with E-state index >= 15 is 0 Å². The molecule has 0 spiro atoms. The molecule has 0 atom stereocenters. The summed E-state index contributed by atoms with van der Waals surface area (Å²) in [5.41, 5.74) is 2.87. The van der Waals surface area contributed by atoms with Crippen LogP contribution in [0.25, 0.3) is 16.9 Å². The second kappa shape index (κ2) is 7.43. The van der Waals surface area contributed by atoms with Crippen LogP contribution in [0.2, 0.25) is 0 Å². The first-order valence-electron chi connectivity index (χ1n) is 8.24. The van der Waals surface area contributed by atoms with E-state index in [0.717, 1.165) is 11.1 Å². The van der Waals surface area contributed by atoms with Gasteiger partial charge in [0.1, 0.15) is 12.7 Å². The highest BCUT2D eigenvalue weighted by molar-refractivity contribution is 7.08. The van der Waals surface area contributed by atoms with Gasteiger partial charge >= 0.3 is 5.97 Å². The van der Waals surface area contributed by atoms with Crippen LogP contribution in [0.4, 0.5) is 0 Å². The van der Waals surface area contributed by atoms with Crippen LogP contribution in [0.5, 0.6) is 0 Å². The van der Waals surface area contributed by atoms with Gasteiger partial charge in [0.15, 0.2) is 0 Å². The summed E-state index contributed by atoms with van der Waals surface area (Å²) in [4.78, 5) is 16.3. The van der Waals surface area contributed by atoms with Crippen molar-refractivity contribution in [1.82, 2.24) is 14.5 Å². The third-order valence-electron chi connectivity index (χ3n) is 4.05. The summed E-state index contributed by atoms with van der Waals surface area (Å²) in [6.45, 7) is 0.0490. The molecule has 27 heavy (non-hydrogen) atoms. The van der Waals surface area contributed by atoms with E-state index in [1.54, 1.807) is 17.5 Å². The van der Waals surface area contributed by atoms with Gasteiger partial charge in [0, 0.05) is 35.3 Å². The van der Waals surface area contributed by atoms with E-state index < -0.39 is 0 Å².